The highest BCUT2D eigenvalue weighted by Gasteiger charge is 2.10. The summed E-state index contributed by atoms with van der Waals surface area (Å²) in [6, 6.07) is 15.3. The number of ether oxygens (including phenoxy) is 1. The van der Waals surface area contributed by atoms with Crippen molar-refractivity contribution in [2.24, 2.45) is 0 Å². The van der Waals surface area contributed by atoms with Crippen LogP contribution < -0.4 is 0 Å². The third-order valence-electron chi connectivity index (χ3n) is 3.26. The molecule has 0 amide bonds. The van der Waals surface area contributed by atoms with Crippen molar-refractivity contribution >= 4 is 33.2 Å². The number of hydrogen-bond acceptors (Lipinski definition) is 4. The molecule has 0 radical (unpaired) electrons. The highest BCUT2D eigenvalue weighted by atomic mass is 79.9. The third kappa shape index (κ3) is 4.06. The Labute approximate surface area is 147 Å². The van der Waals surface area contributed by atoms with E-state index in [-0.39, 0.29) is 12.6 Å². The van der Waals surface area contributed by atoms with Crippen LogP contribution in [0.1, 0.15) is 21.6 Å². The van der Waals surface area contributed by atoms with Crippen molar-refractivity contribution in [2.45, 2.75) is 13.5 Å². The molecule has 23 heavy (non-hydrogen) atoms. The van der Waals surface area contributed by atoms with E-state index in [4.69, 9.17) is 4.74 Å². The van der Waals surface area contributed by atoms with Gasteiger partial charge in [0.15, 0.2) is 0 Å². The molecule has 3 rings (SSSR count). The quantitative estimate of drug-likeness (QED) is 0.574. The van der Waals surface area contributed by atoms with Crippen molar-refractivity contribution < 1.29 is 9.53 Å². The van der Waals surface area contributed by atoms with Gasteiger partial charge in [0, 0.05) is 15.4 Å². The van der Waals surface area contributed by atoms with Gasteiger partial charge in [0.2, 0.25) is 0 Å². The molecule has 3 aromatic rings. The zero-order chi connectivity index (χ0) is 16.2. The van der Waals surface area contributed by atoms with E-state index in [2.05, 4.69) is 40.0 Å². The predicted octanol–water partition coefficient (Wildman–Crippen LogP) is 5.24. The number of aryl methyl sites for hydroxylation is 1. The summed E-state index contributed by atoms with van der Waals surface area (Å²) in [5.41, 5.74) is 3.57. The molecular formula is C18H14BrNO2S. The second-order valence-electron chi connectivity index (χ2n) is 5.10. The van der Waals surface area contributed by atoms with Crippen LogP contribution in [0.4, 0.5) is 0 Å². The maximum Gasteiger partial charge on any atom is 0.338 e. The number of halogens is 1. The molecule has 0 saturated heterocycles. The van der Waals surface area contributed by atoms with Crippen molar-refractivity contribution in [3.8, 4) is 10.6 Å². The maximum atomic E-state index is 12.0. The molecule has 0 bridgehead atoms. The summed E-state index contributed by atoms with van der Waals surface area (Å²) in [7, 11) is 0. The minimum absolute atomic E-state index is 0.174. The molecule has 2 aromatic carbocycles. The molecule has 0 aliphatic carbocycles. The number of nitrogens with zero attached hydrogens (tertiary/aromatic N) is 1. The van der Waals surface area contributed by atoms with Crippen LogP contribution in [0.15, 0.2) is 58.4 Å². The van der Waals surface area contributed by atoms with Gasteiger partial charge >= 0.3 is 5.97 Å². The number of rotatable bonds is 4. The zero-order valence-electron chi connectivity index (χ0n) is 12.5. The van der Waals surface area contributed by atoms with Crippen molar-refractivity contribution in [3.05, 3.63) is 75.2 Å². The van der Waals surface area contributed by atoms with Gasteiger partial charge in [-0.3, -0.25) is 0 Å². The van der Waals surface area contributed by atoms with Crippen molar-refractivity contribution in [1.82, 2.24) is 4.98 Å². The summed E-state index contributed by atoms with van der Waals surface area (Å²) in [6.07, 6.45) is 0. The van der Waals surface area contributed by atoms with E-state index < -0.39 is 0 Å². The first-order valence-electron chi connectivity index (χ1n) is 7.06. The van der Waals surface area contributed by atoms with Crippen LogP contribution >= 0.6 is 27.3 Å². The number of esters is 1. The van der Waals surface area contributed by atoms with Crippen LogP contribution in [0.25, 0.3) is 10.6 Å². The fourth-order valence-electron chi connectivity index (χ4n) is 2.04. The summed E-state index contributed by atoms with van der Waals surface area (Å²) in [5, 5.41) is 2.85. The molecule has 0 N–H and O–H groups in total. The minimum atomic E-state index is -0.351. The van der Waals surface area contributed by atoms with Gasteiger partial charge < -0.3 is 4.74 Å². The first-order valence-corrected chi connectivity index (χ1v) is 8.73. The van der Waals surface area contributed by atoms with Gasteiger partial charge in [0.05, 0.1) is 11.3 Å². The topological polar surface area (TPSA) is 39.2 Å². The normalized spacial score (nSPS) is 10.5. The van der Waals surface area contributed by atoms with Crippen LogP contribution in [-0.2, 0) is 11.3 Å². The molecule has 0 aliphatic heterocycles. The first-order chi connectivity index (χ1) is 11.1. The molecule has 1 aromatic heterocycles. The van der Waals surface area contributed by atoms with E-state index in [1.807, 2.05) is 23.6 Å². The molecule has 0 atom stereocenters. The van der Waals surface area contributed by atoms with E-state index in [1.165, 1.54) is 5.56 Å². The van der Waals surface area contributed by atoms with Crippen molar-refractivity contribution in [1.29, 1.82) is 0 Å². The Balaban J connectivity index is 1.65. The number of carbonyl (C=O) groups is 1. The van der Waals surface area contributed by atoms with Gasteiger partial charge in [-0.05, 0) is 25.1 Å². The van der Waals surface area contributed by atoms with Gasteiger partial charge in [-0.2, -0.15) is 0 Å². The van der Waals surface area contributed by atoms with Gasteiger partial charge in [-0.25, -0.2) is 9.78 Å². The smallest absolute Gasteiger partial charge is 0.338 e. The predicted molar refractivity (Wildman–Crippen MR) is 95.5 cm³/mol. The standard InChI is InChI=1S/C18H14BrNO2S/c1-12-5-7-13(8-6-12)17-20-16(11-23-17)10-22-18(21)14-3-2-4-15(19)9-14/h2-9,11H,10H2,1H3. The summed E-state index contributed by atoms with van der Waals surface area (Å²) in [6.45, 7) is 2.23. The number of benzene rings is 2. The lowest BCUT2D eigenvalue weighted by Crippen LogP contribution is -2.05. The summed E-state index contributed by atoms with van der Waals surface area (Å²) >= 11 is 4.89. The number of carbonyl (C=O) groups excluding carboxylic acids is 1. The van der Waals surface area contributed by atoms with E-state index >= 15 is 0 Å². The Kier molecular flexibility index (Phi) is 4.88. The van der Waals surface area contributed by atoms with Crippen LogP contribution in [0.3, 0.4) is 0 Å². The Hall–Kier alpha value is -1.98. The zero-order valence-corrected chi connectivity index (χ0v) is 14.9. The Morgan fingerprint density at radius 1 is 1.22 bits per heavy atom. The molecule has 3 nitrogen and oxygen atoms in total. The molecule has 0 fully saturated rings. The number of hydrogen-bond donors (Lipinski definition) is 0. The van der Waals surface area contributed by atoms with Crippen molar-refractivity contribution in [2.75, 3.05) is 0 Å². The Morgan fingerprint density at radius 2 is 2.00 bits per heavy atom. The van der Waals surface area contributed by atoms with Gasteiger partial charge in [0.1, 0.15) is 11.6 Å². The van der Waals surface area contributed by atoms with E-state index in [0.29, 0.717) is 5.56 Å². The second-order valence-corrected chi connectivity index (χ2v) is 6.87. The van der Waals surface area contributed by atoms with Gasteiger partial charge in [-0.1, -0.05) is 51.8 Å². The van der Waals surface area contributed by atoms with Gasteiger partial charge in [-0.15, -0.1) is 11.3 Å². The lowest BCUT2D eigenvalue weighted by molar-refractivity contribution is 0.0468. The lowest BCUT2D eigenvalue weighted by atomic mass is 10.2. The fourth-order valence-corrected chi connectivity index (χ4v) is 3.25. The molecule has 0 spiro atoms. The van der Waals surface area contributed by atoms with Crippen molar-refractivity contribution in [3.63, 3.8) is 0 Å². The molecule has 0 unspecified atom stereocenters. The minimum Gasteiger partial charge on any atom is -0.456 e. The van der Waals surface area contributed by atoms with Crippen LogP contribution in [-0.4, -0.2) is 11.0 Å². The Morgan fingerprint density at radius 3 is 2.74 bits per heavy atom. The highest BCUT2D eigenvalue weighted by Crippen LogP contribution is 2.24. The largest absolute Gasteiger partial charge is 0.456 e. The number of thiazole rings is 1. The SMILES string of the molecule is Cc1ccc(-c2nc(COC(=O)c3cccc(Br)c3)cs2)cc1. The molecule has 0 aliphatic rings. The third-order valence-corrected chi connectivity index (χ3v) is 4.70. The number of aromatic nitrogens is 1. The lowest BCUT2D eigenvalue weighted by Gasteiger charge is -2.03. The summed E-state index contributed by atoms with van der Waals surface area (Å²) in [4.78, 5) is 16.5. The molecule has 1 heterocycles. The fraction of sp³-hybridized carbons (Fsp3) is 0.111. The molecule has 5 heteroatoms. The first kappa shape index (κ1) is 15.9. The molecule has 0 saturated carbocycles. The van der Waals surface area contributed by atoms with E-state index in [1.54, 1.807) is 29.5 Å². The maximum absolute atomic E-state index is 12.0. The average molecular weight is 388 g/mol. The van der Waals surface area contributed by atoms with Gasteiger partial charge in [0.25, 0.3) is 0 Å². The molecule has 116 valence electrons. The molecular weight excluding hydrogens is 374 g/mol. The van der Waals surface area contributed by atoms with E-state index in [9.17, 15) is 4.79 Å². The van der Waals surface area contributed by atoms with Crippen LogP contribution in [0, 0.1) is 6.92 Å². The van der Waals surface area contributed by atoms with Crippen LogP contribution in [0.5, 0.6) is 0 Å². The monoisotopic (exact) mass is 387 g/mol. The van der Waals surface area contributed by atoms with E-state index in [0.717, 1.165) is 20.7 Å². The highest BCUT2D eigenvalue weighted by molar-refractivity contribution is 9.10. The average Bonchev–Trinajstić information content (AvgIpc) is 3.02. The second kappa shape index (κ2) is 7.06. The summed E-state index contributed by atoms with van der Waals surface area (Å²) in [5.74, 6) is -0.351. The summed E-state index contributed by atoms with van der Waals surface area (Å²) < 4.78 is 6.17. The Bertz CT molecular complexity index is 827. The van der Waals surface area contributed by atoms with Crippen LogP contribution in [0.2, 0.25) is 0 Å².